The van der Waals surface area contributed by atoms with Gasteiger partial charge in [0, 0.05) is 12.1 Å². The van der Waals surface area contributed by atoms with E-state index in [9.17, 15) is 4.79 Å². The van der Waals surface area contributed by atoms with E-state index in [1.165, 1.54) is 0 Å². The molecular formula is C14H17N3O. The minimum Gasteiger partial charge on any atom is -0.331 e. The topological polar surface area (TPSA) is 46.9 Å². The van der Waals surface area contributed by atoms with Crippen molar-refractivity contribution in [1.29, 1.82) is 0 Å². The third-order valence-corrected chi connectivity index (χ3v) is 3.62. The first-order valence-corrected chi connectivity index (χ1v) is 6.52. The molecule has 0 bridgehead atoms. The van der Waals surface area contributed by atoms with E-state index in [1.54, 1.807) is 0 Å². The highest BCUT2D eigenvalue weighted by Crippen LogP contribution is 2.18. The Morgan fingerprint density at radius 1 is 1.56 bits per heavy atom. The van der Waals surface area contributed by atoms with Gasteiger partial charge in [0.1, 0.15) is 0 Å². The van der Waals surface area contributed by atoms with Crippen LogP contribution in [0.5, 0.6) is 0 Å². The van der Waals surface area contributed by atoms with Gasteiger partial charge >= 0.3 is 0 Å². The largest absolute Gasteiger partial charge is 0.331 e. The predicted molar refractivity (Wildman–Crippen MR) is 70.8 cm³/mol. The molecular weight excluding hydrogens is 226 g/mol. The van der Waals surface area contributed by atoms with Gasteiger partial charge < -0.3 is 9.88 Å². The molecule has 1 aliphatic heterocycles. The summed E-state index contributed by atoms with van der Waals surface area (Å²) in [7, 11) is 0. The van der Waals surface area contributed by atoms with Gasteiger partial charge in [0.2, 0.25) is 0 Å². The molecule has 4 heteroatoms. The van der Waals surface area contributed by atoms with Gasteiger partial charge in [-0.2, -0.15) is 0 Å². The van der Waals surface area contributed by atoms with Crippen LogP contribution in [0.25, 0.3) is 11.0 Å². The Labute approximate surface area is 106 Å². The summed E-state index contributed by atoms with van der Waals surface area (Å²) in [4.78, 5) is 16.6. The minimum absolute atomic E-state index is 0.00397. The Morgan fingerprint density at radius 3 is 3.17 bits per heavy atom. The van der Waals surface area contributed by atoms with Crippen LogP contribution in [0.2, 0.25) is 0 Å². The molecule has 1 fully saturated rings. The number of rotatable bonds is 3. The third kappa shape index (κ3) is 1.82. The van der Waals surface area contributed by atoms with Gasteiger partial charge in [-0.15, -0.1) is 0 Å². The van der Waals surface area contributed by atoms with Crippen LogP contribution in [0, 0.1) is 0 Å². The monoisotopic (exact) mass is 243 g/mol. The maximum Gasteiger partial charge on any atom is 0.179 e. The first-order chi connectivity index (χ1) is 8.79. The average Bonchev–Trinajstić information content (AvgIpc) is 3.06. The second kappa shape index (κ2) is 4.53. The molecule has 0 saturated carbocycles. The Bertz CT molecular complexity index is 582. The van der Waals surface area contributed by atoms with Gasteiger partial charge in [-0.1, -0.05) is 0 Å². The van der Waals surface area contributed by atoms with Gasteiger partial charge in [-0.3, -0.25) is 4.79 Å². The normalized spacial score (nSPS) is 19.5. The van der Waals surface area contributed by atoms with Crippen LogP contribution >= 0.6 is 0 Å². The van der Waals surface area contributed by atoms with Crippen molar-refractivity contribution in [2.75, 3.05) is 6.54 Å². The van der Waals surface area contributed by atoms with Crippen molar-refractivity contribution < 1.29 is 4.79 Å². The molecule has 3 rings (SSSR count). The highest BCUT2D eigenvalue weighted by atomic mass is 16.1. The number of nitrogens with zero attached hydrogens (tertiary/aromatic N) is 2. The van der Waals surface area contributed by atoms with E-state index in [-0.39, 0.29) is 11.8 Å². The summed E-state index contributed by atoms with van der Waals surface area (Å²) in [5, 5.41) is 3.24. The number of Topliss-reactive ketones (excluding diaryl/α,β-unsaturated/α-hetero) is 1. The van der Waals surface area contributed by atoms with E-state index < -0.39 is 0 Å². The Kier molecular flexibility index (Phi) is 2.88. The maximum atomic E-state index is 12.3. The molecule has 0 radical (unpaired) electrons. The van der Waals surface area contributed by atoms with Gasteiger partial charge in [0.15, 0.2) is 5.78 Å². The first-order valence-electron chi connectivity index (χ1n) is 6.52. The summed E-state index contributed by atoms with van der Waals surface area (Å²) in [5.74, 6) is 0.195. The summed E-state index contributed by atoms with van der Waals surface area (Å²) >= 11 is 0. The molecule has 1 aliphatic rings. The molecule has 0 aliphatic carbocycles. The van der Waals surface area contributed by atoms with Crippen LogP contribution in [0.1, 0.15) is 30.1 Å². The predicted octanol–water partition coefficient (Wildman–Crippen LogP) is 1.99. The fourth-order valence-corrected chi connectivity index (χ4v) is 2.58. The zero-order chi connectivity index (χ0) is 12.5. The van der Waals surface area contributed by atoms with Gasteiger partial charge in [0.25, 0.3) is 0 Å². The number of aryl methyl sites for hydroxylation is 1. The fourth-order valence-electron chi connectivity index (χ4n) is 2.58. The number of hydrogen-bond acceptors (Lipinski definition) is 3. The molecule has 4 nitrogen and oxygen atoms in total. The molecule has 94 valence electrons. The van der Waals surface area contributed by atoms with E-state index in [4.69, 9.17) is 0 Å². The van der Waals surface area contributed by atoms with Crippen LogP contribution in [0.15, 0.2) is 24.5 Å². The number of benzene rings is 1. The molecule has 0 spiro atoms. The highest BCUT2D eigenvalue weighted by molar-refractivity contribution is 6.02. The lowest BCUT2D eigenvalue weighted by atomic mass is 10.0. The molecule has 1 N–H and O–H groups in total. The number of carbonyl (C=O) groups is 1. The van der Waals surface area contributed by atoms with Gasteiger partial charge in [-0.05, 0) is 44.5 Å². The molecule has 1 aromatic carbocycles. The molecule has 2 aromatic rings. The second-order valence-electron chi connectivity index (χ2n) is 4.75. The Morgan fingerprint density at radius 2 is 2.44 bits per heavy atom. The summed E-state index contributed by atoms with van der Waals surface area (Å²) < 4.78 is 2.08. The molecule has 18 heavy (non-hydrogen) atoms. The standard InChI is InChI=1S/C14H17N3O/c1-2-17-9-16-12-8-10(5-6-13(12)17)14(18)11-4-3-7-15-11/h5-6,8-9,11,15H,2-4,7H2,1H3. The van der Waals surface area contributed by atoms with Crippen molar-refractivity contribution in [2.24, 2.45) is 0 Å². The smallest absolute Gasteiger partial charge is 0.179 e. The van der Waals surface area contributed by atoms with E-state index in [2.05, 4.69) is 21.8 Å². The quantitative estimate of drug-likeness (QED) is 0.839. The summed E-state index contributed by atoms with van der Waals surface area (Å²) in [6, 6.07) is 5.81. The van der Waals surface area contributed by atoms with Crippen LogP contribution in [0.4, 0.5) is 0 Å². The van der Waals surface area contributed by atoms with E-state index in [0.29, 0.717) is 0 Å². The number of imidazole rings is 1. The van der Waals surface area contributed by atoms with Crippen molar-refractivity contribution in [1.82, 2.24) is 14.9 Å². The summed E-state index contributed by atoms with van der Waals surface area (Å²) in [6.45, 7) is 3.93. The fraction of sp³-hybridized carbons (Fsp3) is 0.429. The van der Waals surface area contributed by atoms with E-state index in [1.807, 2.05) is 24.5 Å². The summed E-state index contributed by atoms with van der Waals surface area (Å²) in [5.41, 5.74) is 2.76. The number of carbonyl (C=O) groups excluding carboxylic acids is 1. The van der Waals surface area contributed by atoms with Crippen molar-refractivity contribution in [3.8, 4) is 0 Å². The average molecular weight is 243 g/mol. The molecule has 2 heterocycles. The van der Waals surface area contributed by atoms with Crippen molar-refractivity contribution in [3.05, 3.63) is 30.1 Å². The zero-order valence-corrected chi connectivity index (χ0v) is 10.5. The Balaban J connectivity index is 1.95. The lowest BCUT2D eigenvalue weighted by Gasteiger charge is -2.09. The van der Waals surface area contributed by atoms with E-state index >= 15 is 0 Å². The number of nitrogens with one attached hydrogen (secondary N) is 1. The van der Waals surface area contributed by atoms with Crippen molar-refractivity contribution in [2.45, 2.75) is 32.4 Å². The maximum absolute atomic E-state index is 12.3. The van der Waals surface area contributed by atoms with Gasteiger partial charge in [0.05, 0.1) is 23.4 Å². The molecule has 1 saturated heterocycles. The SMILES string of the molecule is CCn1cnc2cc(C(=O)C3CCCN3)ccc21. The Hall–Kier alpha value is -1.68. The number of fused-ring (bicyclic) bond motifs is 1. The third-order valence-electron chi connectivity index (χ3n) is 3.62. The highest BCUT2D eigenvalue weighted by Gasteiger charge is 2.23. The van der Waals surface area contributed by atoms with Crippen LogP contribution < -0.4 is 5.32 Å². The summed E-state index contributed by atoms with van der Waals surface area (Å²) in [6.07, 6.45) is 3.86. The van der Waals surface area contributed by atoms with Crippen LogP contribution in [-0.2, 0) is 6.54 Å². The number of hydrogen-bond donors (Lipinski definition) is 1. The number of ketones is 1. The lowest BCUT2D eigenvalue weighted by Crippen LogP contribution is -2.30. The zero-order valence-electron chi connectivity index (χ0n) is 10.5. The number of aromatic nitrogens is 2. The van der Waals surface area contributed by atoms with Gasteiger partial charge in [-0.25, -0.2) is 4.98 Å². The van der Waals surface area contributed by atoms with E-state index in [0.717, 1.165) is 42.5 Å². The van der Waals surface area contributed by atoms with Crippen LogP contribution in [0.3, 0.4) is 0 Å². The molecule has 1 atom stereocenters. The van der Waals surface area contributed by atoms with Crippen molar-refractivity contribution >= 4 is 16.8 Å². The second-order valence-corrected chi connectivity index (χ2v) is 4.75. The lowest BCUT2D eigenvalue weighted by molar-refractivity contribution is 0.0952. The minimum atomic E-state index is -0.00397. The molecule has 0 amide bonds. The molecule has 1 unspecified atom stereocenters. The van der Waals surface area contributed by atoms with Crippen LogP contribution in [-0.4, -0.2) is 27.9 Å². The molecule has 1 aromatic heterocycles. The first kappa shape index (κ1) is 11.4. The van der Waals surface area contributed by atoms with Crippen molar-refractivity contribution in [3.63, 3.8) is 0 Å².